The molecule has 1 aliphatic heterocycles. The lowest BCUT2D eigenvalue weighted by atomic mass is 10.1. The number of amides is 1. The molecule has 2 aromatic rings. The Balaban J connectivity index is 2.14. The van der Waals surface area contributed by atoms with Crippen LogP contribution in [0.15, 0.2) is 48.5 Å². The highest BCUT2D eigenvalue weighted by atomic mass is 16.2. The van der Waals surface area contributed by atoms with Gasteiger partial charge in [-0.1, -0.05) is 24.3 Å². The normalized spacial score (nSPS) is 13.9. The highest BCUT2D eigenvalue weighted by Crippen LogP contribution is 2.39. The Morgan fingerprint density at radius 1 is 0.909 bits per heavy atom. The first-order valence-corrected chi connectivity index (χ1v) is 7.62. The number of benzene rings is 2. The maximum absolute atomic E-state index is 13.0. The molecule has 114 valence electrons. The summed E-state index contributed by atoms with van der Waals surface area (Å²) >= 11 is 0. The molecular formula is C18H22N3O+. The van der Waals surface area contributed by atoms with E-state index in [1.165, 1.54) is 4.90 Å². The lowest BCUT2D eigenvalue weighted by molar-refractivity contribution is -0.856. The summed E-state index contributed by atoms with van der Waals surface area (Å²) in [5, 5.41) is 0. The van der Waals surface area contributed by atoms with Crippen molar-refractivity contribution in [2.75, 3.05) is 44.0 Å². The number of para-hydroxylation sites is 3. The van der Waals surface area contributed by atoms with Crippen LogP contribution in [0.4, 0.5) is 17.1 Å². The molecule has 0 saturated heterocycles. The average molecular weight is 296 g/mol. The third-order valence-corrected chi connectivity index (χ3v) is 4.11. The van der Waals surface area contributed by atoms with E-state index in [1.807, 2.05) is 54.4 Å². The number of nitrogens with one attached hydrogen (secondary N) is 1. The summed E-state index contributed by atoms with van der Waals surface area (Å²) in [5.74, 6) is 0.0775. The van der Waals surface area contributed by atoms with Crippen molar-refractivity contribution in [2.45, 2.75) is 0 Å². The van der Waals surface area contributed by atoms with Gasteiger partial charge >= 0.3 is 0 Å². The molecule has 4 heteroatoms. The molecule has 0 bridgehead atoms. The minimum absolute atomic E-state index is 0.0775. The highest BCUT2D eigenvalue weighted by Gasteiger charge is 2.29. The van der Waals surface area contributed by atoms with Gasteiger partial charge in [-0.3, -0.25) is 4.79 Å². The fraction of sp³-hybridized carbons (Fsp3) is 0.278. The van der Waals surface area contributed by atoms with Crippen molar-refractivity contribution < 1.29 is 9.69 Å². The van der Waals surface area contributed by atoms with Crippen molar-refractivity contribution >= 4 is 23.0 Å². The Morgan fingerprint density at radius 3 is 2.18 bits per heavy atom. The molecule has 2 aromatic carbocycles. The average Bonchev–Trinajstić information content (AvgIpc) is 2.62. The Labute approximate surface area is 131 Å². The molecule has 1 amide bonds. The van der Waals surface area contributed by atoms with Crippen LogP contribution < -0.4 is 14.7 Å². The number of carbonyl (C=O) groups excluding carboxylic acids is 1. The minimum atomic E-state index is 0.0775. The summed E-state index contributed by atoms with van der Waals surface area (Å²) < 4.78 is 0. The first-order valence-electron chi connectivity index (χ1n) is 7.62. The predicted octanol–water partition coefficient (Wildman–Crippen LogP) is 1.56. The zero-order chi connectivity index (χ0) is 15.7. The molecule has 1 aliphatic rings. The Kier molecular flexibility index (Phi) is 3.86. The van der Waals surface area contributed by atoms with Gasteiger partial charge in [0, 0.05) is 7.05 Å². The number of carbonyl (C=O) groups is 1. The van der Waals surface area contributed by atoms with Crippen molar-refractivity contribution in [2.24, 2.45) is 0 Å². The smallest absolute Gasteiger partial charge is 0.260 e. The summed E-state index contributed by atoms with van der Waals surface area (Å²) in [4.78, 5) is 18.4. The van der Waals surface area contributed by atoms with Crippen LogP contribution in [0.25, 0.3) is 0 Å². The lowest BCUT2D eigenvalue weighted by Gasteiger charge is -2.24. The van der Waals surface area contributed by atoms with Crippen LogP contribution in [0.3, 0.4) is 0 Å². The number of rotatable bonds is 3. The molecule has 0 radical (unpaired) electrons. The molecule has 1 N–H and O–H groups in total. The number of hydrogen-bond acceptors (Lipinski definition) is 2. The van der Waals surface area contributed by atoms with Gasteiger partial charge in [0.15, 0.2) is 0 Å². The quantitative estimate of drug-likeness (QED) is 0.931. The molecule has 0 unspecified atom stereocenters. The van der Waals surface area contributed by atoms with Crippen LogP contribution >= 0.6 is 0 Å². The summed E-state index contributed by atoms with van der Waals surface area (Å²) in [7, 11) is 6.23. The van der Waals surface area contributed by atoms with Crippen LogP contribution in [0.2, 0.25) is 0 Å². The second kappa shape index (κ2) is 5.81. The summed E-state index contributed by atoms with van der Waals surface area (Å²) in [6, 6.07) is 15.9. The van der Waals surface area contributed by atoms with Crippen LogP contribution in [-0.2, 0) is 0 Å². The first kappa shape index (κ1) is 14.6. The van der Waals surface area contributed by atoms with Gasteiger partial charge in [0.2, 0.25) is 0 Å². The number of likely N-dealkylation sites (N-methyl/N-ethyl adjacent to an activating group) is 1. The molecule has 0 spiro atoms. The number of fused-ring (bicyclic) bond motifs is 2. The highest BCUT2D eigenvalue weighted by molar-refractivity contribution is 6.13. The van der Waals surface area contributed by atoms with Gasteiger partial charge in [-0.05, 0) is 24.3 Å². The van der Waals surface area contributed by atoms with Gasteiger partial charge in [0.25, 0.3) is 5.91 Å². The van der Waals surface area contributed by atoms with E-state index in [0.717, 1.165) is 29.2 Å². The van der Waals surface area contributed by atoms with E-state index >= 15 is 0 Å². The van der Waals surface area contributed by atoms with Crippen LogP contribution in [0.5, 0.6) is 0 Å². The van der Waals surface area contributed by atoms with E-state index in [4.69, 9.17) is 0 Å². The molecule has 0 aromatic heterocycles. The van der Waals surface area contributed by atoms with Crippen LogP contribution in [0, 0.1) is 0 Å². The maximum atomic E-state index is 13.0. The Hall–Kier alpha value is -2.33. The van der Waals surface area contributed by atoms with Gasteiger partial charge in [-0.15, -0.1) is 0 Å². The Morgan fingerprint density at radius 2 is 1.50 bits per heavy atom. The third-order valence-electron chi connectivity index (χ3n) is 4.11. The largest absolute Gasteiger partial charge is 0.342 e. The lowest BCUT2D eigenvalue weighted by Crippen LogP contribution is -3.06. The minimum Gasteiger partial charge on any atom is -0.342 e. The first-order chi connectivity index (χ1) is 10.6. The van der Waals surface area contributed by atoms with Crippen molar-refractivity contribution in [3.63, 3.8) is 0 Å². The molecule has 4 nitrogen and oxygen atoms in total. The number of anilines is 3. The van der Waals surface area contributed by atoms with E-state index in [9.17, 15) is 4.79 Å². The van der Waals surface area contributed by atoms with Crippen LogP contribution in [-0.4, -0.2) is 40.1 Å². The summed E-state index contributed by atoms with van der Waals surface area (Å²) in [5.41, 5.74) is 3.76. The fourth-order valence-corrected chi connectivity index (χ4v) is 2.86. The predicted molar refractivity (Wildman–Crippen MR) is 90.3 cm³/mol. The second-order valence-corrected chi connectivity index (χ2v) is 5.98. The van der Waals surface area contributed by atoms with Gasteiger partial charge in [0.05, 0.1) is 49.8 Å². The van der Waals surface area contributed by atoms with Crippen molar-refractivity contribution in [3.05, 3.63) is 54.1 Å². The van der Waals surface area contributed by atoms with E-state index < -0.39 is 0 Å². The molecule has 0 atom stereocenters. The van der Waals surface area contributed by atoms with Gasteiger partial charge < -0.3 is 14.7 Å². The molecule has 0 fully saturated rings. The van der Waals surface area contributed by atoms with Crippen LogP contribution in [0.1, 0.15) is 10.4 Å². The molecule has 1 heterocycles. The molecular weight excluding hydrogens is 274 g/mol. The number of quaternary nitrogens is 1. The molecule has 0 saturated carbocycles. The SMILES string of the molecule is CN1c2ccccc2C(=O)N(CC[NH+](C)C)c2ccccc21. The second-order valence-electron chi connectivity index (χ2n) is 5.98. The summed E-state index contributed by atoms with van der Waals surface area (Å²) in [6.07, 6.45) is 0. The third kappa shape index (κ3) is 2.46. The van der Waals surface area contributed by atoms with Gasteiger partial charge in [-0.2, -0.15) is 0 Å². The number of hydrogen-bond donors (Lipinski definition) is 1. The van der Waals surface area contributed by atoms with Crippen molar-refractivity contribution in [3.8, 4) is 0 Å². The fourth-order valence-electron chi connectivity index (χ4n) is 2.86. The van der Waals surface area contributed by atoms with E-state index in [2.05, 4.69) is 25.1 Å². The van der Waals surface area contributed by atoms with Gasteiger partial charge in [0.1, 0.15) is 0 Å². The Bertz CT molecular complexity index is 696. The zero-order valence-electron chi connectivity index (χ0n) is 13.3. The van der Waals surface area contributed by atoms with E-state index in [-0.39, 0.29) is 5.91 Å². The standard InChI is InChI=1S/C18H21N3O/c1-19(2)12-13-21-17-11-7-6-10-16(17)20(3)15-9-5-4-8-14(15)18(21)22/h4-11H,12-13H2,1-3H3/p+1. The zero-order valence-corrected chi connectivity index (χ0v) is 13.3. The molecule has 0 aliphatic carbocycles. The number of nitrogens with zero attached hydrogens (tertiary/aromatic N) is 2. The monoisotopic (exact) mass is 296 g/mol. The van der Waals surface area contributed by atoms with Crippen molar-refractivity contribution in [1.82, 2.24) is 0 Å². The van der Waals surface area contributed by atoms with Crippen molar-refractivity contribution in [1.29, 1.82) is 0 Å². The topological polar surface area (TPSA) is 28.0 Å². The van der Waals surface area contributed by atoms with E-state index in [0.29, 0.717) is 6.54 Å². The van der Waals surface area contributed by atoms with Gasteiger partial charge in [-0.25, -0.2) is 0 Å². The molecule has 3 rings (SSSR count). The maximum Gasteiger partial charge on any atom is 0.260 e. The van der Waals surface area contributed by atoms with E-state index in [1.54, 1.807) is 0 Å². The molecule has 22 heavy (non-hydrogen) atoms. The summed E-state index contributed by atoms with van der Waals surface area (Å²) in [6.45, 7) is 1.62.